The van der Waals surface area contributed by atoms with E-state index in [-0.39, 0.29) is 11.7 Å². The second kappa shape index (κ2) is 9.27. The first-order valence-electron chi connectivity index (χ1n) is 11.5. The number of hydrogen-bond acceptors (Lipinski definition) is 5. The molecule has 1 aliphatic carbocycles. The van der Waals surface area contributed by atoms with Gasteiger partial charge in [0.05, 0.1) is 5.69 Å². The highest BCUT2D eigenvalue weighted by molar-refractivity contribution is 5.88. The zero-order chi connectivity index (χ0) is 22.8. The number of anilines is 2. The van der Waals surface area contributed by atoms with Crippen molar-refractivity contribution in [2.45, 2.75) is 32.4 Å². The number of nitrogens with one attached hydrogen (secondary N) is 2. The SMILES string of the molecule is CC(=O)Nc1ccc(-c2ccc(NC3CC4CN(Cc5cccc(F)c5)C[C@H]4C3)nn2)cc1. The van der Waals surface area contributed by atoms with Crippen molar-refractivity contribution in [2.24, 2.45) is 11.8 Å². The molecule has 1 aromatic heterocycles. The van der Waals surface area contributed by atoms with Crippen LogP contribution in [0.1, 0.15) is 25.3 Å². The van der Waals surface area contributed by atoms with E-state index >= 15 is 0 Å². The maximum absolute atomic E-state index is 13.5. The van der Waals surface area contributed by atoms with Crippen LogP contribution in [0.25, 0.3) is 11.3 Å². The molecular weight excluding hydrogens is 417 g/mol. The highest BCUT2D eigenvalue weighted by Crippen LogP contribution is 2.39. The van der Waals surface area contributed by atoms with Gasteiger partial charge in [-0.05, 0) is 66.6 Å². The Kier molecular flexibility index (Phi) is 6.05. The van der Waals surface area contributed by atoms with E-state index in [1.807, 2.05) is 42.5 Å². The molecule has 0 radical (unpaired) electrons. The Bertz CT molecular complexity index is 1100. The first-order valence-corrected chi connectivity index (χ1v) is 11.5. The number of carbonyl (C=O) groups is 1. The van der Waals surface area contributed by atoms with E-state index in [9.17, 15) is 9.18 Å². The third kappa shape index (κ3) is 5.20. The van der Waals surface area contributed by atoms with Gasteiger partial charge in [0.2, 0.25) is 5.91 Å². The first kappa shape index (κ1) is 21.5. The van der Waals surface area contributed by atoms with Crippen LogP contribution in [0.2, 0.25) is 0 Å². The summed E-state index contributed by atoms with van der Waals surface area (Å²) in [5, 5.41) is 15.1. The normalized spacial score (nSPS) is 22.2. The molecule has 2 aliphatic rings. The van der Waals surface area contributed by atoms with Gasteiger partial charge in [-0.1, -0.05) is 24.3 Å². The highest BCUT2D eigenvalue weighted by atomic mass is 19.1. The zero-order valence-electron chi connectivity index (χ0n) is 18.7. The Labute approximate surface area is 193 Å². The topological polar surface area (TPSA) is 70.2 Å². The third-order valence-electron chi connectivity index (χ3n) is 6.64. The summed E-state index contributed by atoms with van der Waals surface area (Å²) in [4.78, 5) is 13.6. The van der Waals surface area contributed by atoms with E-state index in [4.69, 9.17) is 0 Å². The number of amides is 1. The van der Waals surface area contributed by atoms with Gasteiger partial charge in [0.25, 0.3) is 0 Å². The lowest BCUT2D eigenvalue weighted by Crippen LogP contribution is -2.25. The van der Waals surface area contributed by atoms with Crippen molar-refractivity contribution in [2.75, 3.05) is 23.7 Å². The molecule has 33 heavy (non-hydrogen) atoms. The predicted octanol–water partition coefficient (Wildman–Crippen LogP) is 4.56. The summed E-state index contributed by atoms with van der Waals surface area (Å²) >= 11 is 0. The average molecular weight is 446 g/mol. The van der Waals surface area contributed by atoms with Crippen LogP contribution in [0.4, 0.5) is 15.9 Å². The lowest BCUT2D eigenvalue weighted by Gasteiger charge is -2.20. The second-order valence-corrected chi connectivity index (χ2v) is 9.22. The van der Waals surface area contributed by atoms with Crippen LogP contribution in [0, 0.1) is 17.7 Å². The van der Waals surface area contributed by atoms with Gasteiger partial charge in [0.15, 0.2) is 0 Å². The number of halogens is 1. The van der Waals surface area contributed by atoms with E-state index < -0.39 is 0 Å². The molecule has 7 heteroatoms. The molecule has 1 aliphatic heterocycles. The maximum atomic E-state index is 13.5. The minimum atomic E-state index is -0.162. The summed E-state index contributed by atoms with van der Waals surface area (Å²) in [5.74, 6) is 1.89. The number of carbonyl (C=O) groups excluding carboxylic acids is 1. The van der Waals surface area contributed by atoms with Crippen LogP contribution in [0.5, 0.6) is 0 Å². The minimum absolute atomic E-state index is 0.0895. The molecule has 3 aromatic rings. The Morgan fingerprint density at radius 3 is 2.42 bits per heavy atom. The number of aromatic nitrogens is 2. The van der Waals surface area contributed by atoms with E-state index in [0.29, 0.717) is 17.9 Å². The van der Waals surface area contributed by atoms with E-state index in [1.54, 1.807) is 12.1 Å². The average Bonchev–Trinajstić information content (AvgIpc) is 3.32. The number of benzene rings is 2. The highest BCUT2D eigenvalue weighted by Gasteiger charge is 2.40. The summed E-state index contributed by atoms with van der Waals surface area (Å²) in [6.07, 6.45) is 2.25. The molecule has 3 atom stereocenters. The molecule has 2 N–H and O–H groups in total. The van der Waals surface area contributed by atoms with Crippen LogP contribution in [0.3, 0.4) is 0 Å². The van der Waals surface area contributed by atoms with Gasteiger partial charge in [0.1, 0.15) is 11.6 Å². The fourth-order valence-electron chi connectivity index (χ4n) is 5.24. The second-order valence-electron chi connectivity index (χ2n) is 9.22. The molecule has 2 fully saturated rings. The quantitative estimate of drug-likeness (QED) is 0.582. The monoisotopic (exact) mass is 445 g/mol. The van der Waals surface area contributed by atoms with Gasteiger partial charge in [-0.15, -0.1) is 10.2 Å². The smallest absolute Gasteiger partial charge is 0.221 e. The third-order valence-corrected chi connectivity index (χ3v) is 6.64. The van der Waals surface area contributed by atoms with Crippen LogP contribution >= 0.6 is 0 Å². The molecule has 2 aromatic carbocycles. The van der Waals surface area contributed by atoms with E-state index in [0.717, 1.165) is 60.8 Å². The number of nitrogens with zero attached hydrogens (tertiary/aromatic N) is 3. The minimum Gasteiger partial charge on any atom is -0.366 e. The van der Waals surface area contributed by atoms with Gasteiger partial charge >= 0.3 is 0 Å². The Morgan fingerprint density at radius 1 is 1.03 bits per heavy atom. The van der Waals surface area contributed by atoms with Crippen molar-refractivity contribution in [1.82, 2.24) is 15.1 Å². The Hall–Kier alpha value is -3.32. The molecule has 2 heterocycles. The van der Waals surface area contributed by atoms with E-state index in [1.165, 1.54) is 13.0 Å². The summed E-state index contributed by atoms with van der Waals surface area (Å²) in [6, 6.07) is 18.9. The lowest BCUT2D eigenvalue weighted by molar-refractivity contribution is -0.114. The van der Waals surface area contributed by atoms with Gasteiger partial charge in [0, 0.05) is 43.9 Å². The first-order chi connectivity index (χ1) is 16.0. The summed E-state index contributed by atoms with van der Waals surface area (Å²) in [7, 11) is 0. The lowest BCUT2D eigenvalue weighted by atomic mass is 10.0. The Morgan fingerprint density at radius 2 is 1.79 bits per heavy atom. The number of likely N-dealkylation sites (tertiary alicyclic amines) is 1. The van der Waals surface area contributed by atoms with Crippen molar-refractivity contribution >= 4 is 17.4 Å². The predicted molar refractivity (Wildman–Crippen MR) is 127 cm³/mol. The molecule has 170 valence electrons. The molecule has 5 rings (SSSR count). The van der Waals surface area contributed by atoms with Gasteiger partial charge in [-0.3, -0.25) is 9.69 Å². The van der Waals surface area contributed by atoms with Crippen molar-refractivity contribution in [3.8, 4) is 11.3 Å². The maximum Gasteiger partial charge on any atom is 0.221 e. The fourth-order valence-corrected chi connectivity index (χ4v) is 5.24. The summed E-state index contributed by atoms with van der Waals surface area (Å²) < 4.78 is 13.5. The standard InChI is InChI=1S/C26H28FN5O/c1-17(33)28-23-7-5-19(6-8-23)25-9-10-26(31-30-25)29-24-12-20-15-32(16-21(20)13-24)14-18-3-2-4-22(27)11-18/h2-11,20-21,24H,12-16H2,1H3,(H,28,33)(H,29,31)/t20-,21?,24?/m1/s1. The number of hydrogen-bond donors (Lipinski definition) is 2. The Balaban J connectivity index is 1.13. The van der Waals surface area contributed by atoms with Crippen LogP contribution in [0.15, 0.2) is 60.7 Å². The number of rotatable bonds is 6. The zero-order valence-corrected chi connectivity index (χ0v) is 18.7. The summed E-state index contributed by atoms with van der Waals surface area (Å²) in [5.41, 5.74) is 3.56. The molecular formula is C26H28FN5O. The number of fused-ring (bicyclic) bond motifs is 1. The molecule has 1 saturated carbocycles. The van der Waals surface area contributed by atoms with Gasteiger partial charge < -0.3 is 10.6 Å². The molecule has 1 saturated heterocycles. The molecule has 0 bridgehead atoms. The van der Waals surface area contributed by atoms with E-state index in [2.05, 4.69) is 25.7 Å². The largest absolute Gasteiger partial charge is 0.366 e. The molecule has 1 amide bonds. The molecule has 0 spiro atoms. The van der Waals surface area contributed by atoms with Crippen molar-refractivity contribution < 1.29 is 9.18 Å². The van der Waals surface area contributed by atoms with Crippen molar-refractivity contribution in [3.05, 3.63) is 72.0 Å². The van der Waals surface area contributed by atoms with Crippen molar-refractivity contribution in [1.29, 1.82) is 0 Å². The molecule has 6 nitrogen and oxygen atoms in total. The van der Waals surface area contributed by atoms with Gasteiger partial charge in [-0.25, -0.2) is 4.39 Å². The fraction of sp³-hybridized carbons (Fsp3) is 0.346. The molecule has 2 unspecified atom stereocenters. The van der Waals surface area contributed by atoms with Gasteiger partial charge in [-0.2, -0.15) is 0 Å². The van der Waals surface area contributed by atoms with Crippen LogP contribution < -0.4 is 10.6 Å². The van der Waals surface area contributed by atoms with Crippen LogP contribution in [-0.4, -0.2) is 40.1 Å². The van der Waals surface area contributed by atoms with Crippen LogP contribution in [-0.2, 0) is 11.3 Å². The summed E-state index contributed by atoms with van der Waals surface area (Å²) in [6.45, 7) is 4.45. The van der Waals surface area contributed by atoms with Crippen molar-refractivity contribution in [3.63, 3.8) is 0 Å².